The predicted molar refractivity (Wildman–Crippen MR) is 104 cm³/mol. The van der Waals surface area contributed by atoms with E-state index in [4.69, 9.17) is 13.7 Å². The minimum absolute atomic E-state index is 0.0195. The van der Waals surface area contributed by atoms with E-state index in [0.717, 1.165) is 5.56 Å². The van der Waals surface area contributed by atoms with Crippen LogP contribution in [0.1, 0.15) is 23.8 Å². The summed E-state index contributed by atoms with van der Waals surface area (Å²) in [6, 6.07) is 15.2. The van der Waals surface area contributed by atoms with E-state index in [2.05, 4.69) is 15.1 Å². The van der Waals surface area contributed by atoms with Crippen molar-refractivity contribution in [3.63, 3.8) is 0 Å². The first-order valence-electron chi connectivity index (χ1n) is 9.34. The summed E-state index contributed by atoms with van der Waals surface area (Å²) in [4.78, 5) is 20.7. The summed E-state index contributed by atoms with van der Waals surface area (Å²) in [5.74, 6) is 0.963. The van der Waals surface area contributed by atoms with Crippen LogP contribution in [0.2, 0.25) is 0 Å². The summed E-state index contributed by atoms with van der Waals surface area (Å²) in [7, 11) is 0. The van der Waals surface area contributed by atoms with Crippen LogP contribution in [0.5, 0.6) is 0 Å². The zero-order chi connectivity index (χ0) is 20.9. The summed E-state index contributed by atoms with van der Waals surface area (Å²) < 4.78 is 29.1. The monoisotopic (exact) mass is 407 g/mol. The SMILES string of the molecule is Cc1oc(-c2ccccc2)nc1COC(=O)CCc1nc(-c2ccc(F)cc2)no1. The van der Waals surface area contributed by atoms with Crippen LogP contribution >= 0.6 is 0 Å². The number of aromatic nitrogens is 3. The predicted octanol–water partition coefficient (Wildman–Crippen LogP) is 4.52. The zero-order valence-corrected chi connectivity index (χ0v) is 16.2. The fourth-order valence-corrected chi connectivity index (χ4v) is 2.77. The average Bonchev–Trinajstić information content (AvgIpc) is 3.39. The van der Waals surface area contributed by atoms with Crippen LogP contribution in [0.15, 0.2) is 63.5 Å². The molecule has 2 heterocycles. The number of hydrogen-bond acceptors (Lipinski definition) is 7. The Balaban J connectivity index is 1.30. The molecule has 0 aliphatic carbocycles. The molecule has 0 spiro atoms. The Labute approximate surface area is 171 Å². The molecule has 0 bridgehead atoms. The fourth-order valence-electron chi connectivity index (χ4n) is 2.77. The number of nitrogens with zero attached hydrogens (tertiary/aromatic N) is 3. The third-order valence-corrected chi connectivity index (χ3v) is 4.40. The summed E-state index contributed by atoms with van der Waals surface area (Å²) in [5, 5.41) is 3.85. The second-order valence-corrected chi connectivity index (χ2v) is 6.57. The molecule has 2 aromatic carbocycles. The van der Waals surface area contributed by atoms with Gasteiger partial charge in [0, 0.05) is 17.5 Å². The van der Waals surface area contributed by atoms with Gasteiger partial charge in [-0.1, -0.05) is 23.4 Å². The number of ether oxygens (including phenoxy) is 1. The summed E-state index contributed by atoms with van der Waals surface area (Å²) >= 11 is 0. The van der Waals surface area contributed by atoms with Gasteiger partial charge >= 0.3 is 5.97 Å². The largest absolute Gasteiger partial charge is 0.459 e. The molecule has 0 aliphatic rings. The first-order valence-corrected chi connectivity index (χ1v) is 9.34. The summed E-state index contributed by atoms with van der Waals surface area (Å²) in [5.41, 5.74) is 2.05. The van der Waals surface area contributed by atoms with Crippen LogP contribution in [0.25, 0.3) is 22.8 Å². The van der Waals surface area contributed by atoms with Crippen molar-refractivity contribution in [2.45, 2.75) is 26.4 Å². The van der Waals surface area contributed by atoms with Crippen molar-refractivity contribution >= 4 is 5.97 Å². The molecular weight excluding hydrogens is 389 g/mol. The Morgan fingerprint density at radius 3 is 2.57 bits per heavy atom. The van der Waals surface area contributed by atoms with Gasteiger partial charge in [-0.3, -0.25) is 4.79 Å². The minimum Gasteiger partial charge on any atom is -0.459 e. The molecule has 4 aromatic rings. The van der Waals surface area contributed by atoms with Gasteiger partial charge in [-0.15, -0.1) is 0 Å². The number of carbonyl (C=O) groups excluding carboxylic acids is 1. The highest BCUT2D eigenvalue weighted by Crippen LogP contribution is 2.22. The van der Waals surface area contributed by atoms with E-state index in [0.29, 0.717) is 34.6 Å². The van der Waals surface area contributed by atoms with Crippen molar-refractivity contribution in [1.29, 1.82) is 0 Å². The van der Waals surface area contributed by atoms with E-state index in [1.54, 1.807) is 19.1 Å². The zero-order valence-electron chi connectivity index (χ0n) is 16.2. The van der Waals surface area contributed by atoms with Crippen molar-refractivity contribution in [2.24, 2.45) is 0 Å². The molecule has 0 amide bonds. The Morgan fingerprint density at radius 1 is 1.03 bits per heavy atom. The van der Waals surface area contributed by atoms with E-state index in [1.165, 1.54) is 12.1 Å². The first-order chi connectivity index (χ1) is 14.6. The van der Waals surface area contributed by atoms with Crippen LogP contribution in [0.3, 0.4) is 0 Å². The Kier molecular flexibility index (Phi) is 5.65. The molecule has 0 radical (unpaired) electrons. The molecule has 7 nitrogen and oxygen atoms in total. The number of rotatable bonds is 7. The minimum atomic E-state index is -0.416. The molecule has 0 aliphatic heterocycles. The van der Waals surface area contributed by atoms with Crippen LogP contribution in [-0.2, 0) is 22.6 Å². The maximum absolute atomic E-state index is 13.0. The molecule has 4 rings (SSSR count). The van der Waals surface area contributed by atoms with Crippen LogP contribution in [0.4, 0.5) is 4.39 Å². The molecule has 2 aromatic heterocycles. The van der Waals surface area contributed by atoms with Crippen molar-refractivity contribution < 1.29 is 22.9 Å². The van der Waals surface area contributed by atoms with Crippen LogP contribution in [-0.4, -0.2) is 21.1 Å². The van der Waals surface area contributed by atoms with Crippen LogP contribution < -0.4 is 0 Å². The molecule has 8 heteroatoms. The lowest BCUT2D eigenvalue weighted by atomic mass is 10.2. The lowest BCUT2D eigenvalue weighted by Crippen LogP contribution is -2.07. The van der Waals surface area contributed by atoms with E-state index >= 15 is 0 Å². The lowest BCUT2D eigenvalue weighted by Gasteiger charge is -2.01. The summed E-state index contributed by atoms with van der Waals surface area (Å²) in [6.07, 6.45) is 0.313. The molecule has 0 saturated heterocycles. The molecule has 152 valence electrons. The lowest BCUT2D eigenvalue weighted by molar-refractivity contribution is -0.145. The van der Waals surface area contributed by atoms with Crippen molar-refractivity contribution in [2.75, 3.05) is 0 Å². The quantitative estimate of drug-likeness (QED) is 0.416. The second-order valence-electron chi connectivity index (χ2n) is 6.57. The van der Waals surface area contributed by atoms with Gasteiger partial charge in [-0.05, 0) is 43.3 Å². The molecule has 0 fully saturated rings. The highest BCUT2D eigenvalue weighted by atomic mass is 19.1. The van der Waals surface area contributed by atoms with E-state index in [-0.39, 0.29) is 25.3 Å². The summed E-state index contributed by atoms with van der Waals surface area (Å²) in [6.45, 7) is 1.80. The van der Waals surface area contributed by atoms with Crippen molar-refractivity contribution in [1.82, 2.24) is 15.1 Å². The number of carbonyl (C=O) groups is 1. The van der Waals surface area contributed by atoms with E-state index in [1.807, 2.05) is 30.3 Å². The molecular formula is C22H18FN3O4. The topological polar surface area (TPSA) is 91.2 Å². The van der Waals surface area contributed by atoms with Crippen molar-refractivity contribution in [3.05, 3.63) is 77.8 Å². The van der Waals surface area contributed by atoms with E-state index in [9.17, 15) is 9.18 Å². The maximum Gasteiger partial charge on any atom is 0.306 e. The highest BCUT2D eigenvalue weighted by molar-refractivity contribution is 5.69. The molecule has 0 unspecified atom stereocenters. The number of esters is 1. The molecule has 0 saturated carbocycles. The average molecular weight is 407 g/mol. The van der Waals surface area contributed by atoms with Gasteiger partial charge < -0.3 is 13.7 Å². The smallest absolute Gasteiger partial charge is 0.306 e. The normalized spacial score (nSPS) is 10.9. The number of aryl methyl sites for hydroxylation is 2. The molecule has 30 heavy (non-hydrogen) atoms. The third kappa shape index (κ3) is 4.60. The fraction of sp³-hybridized carbons (Fsp3) is 0.182. The Morgan fingerprint density at radius 2 is 1.80 bits per heavy atom. The Bertz CT molecular complexity index is 1140. The number of hydrogen-bond donors (Lipinski definition) is 0. The Hall–Kier alpha value is -3.81. The number of halogens is 1. The van der Waals surface area contributed by atoms with E-state index < -0.39 is 5.97 Å². The van der Waals surface area contributed by atoms with Gasteiger partial charge in [-0.2, -0.15) is 4.98 Å². The number of benzene rings is 2. The standard InChI is InChI=1S/C22H18FN3O4/c1-14-18(24-22(29-14)16-5-3-2-4-6-16)13-28-20(27)12-11-19-25-21(26-30-19)15-7-9-17(23)10-8-15/h2-10H,11-13H2,1H3. The van der Waals surface area contributed by atoms with Gasteiger partial charge in [0.25, 0.3) is 0 Å². The first kappa shape index (κ1) is 19.5. The van der Waals surface area contributed by atoms with Gasteiger partial charge in [0.05, 0.1) is 6.42 Å². The molecule has 0 N–H and O–H groups in total. The van der Waals surface area contributed by atoms with Crippen LogP contribution in [0, 0.1) is 12.7 Å². The number of oxazole rings is 1. The van der Waals surface area contributed by atoms with Gasteiger partial charge in [-0.25, -0.2) is 9.37 Å². The third-order valence-electron chi connectivity index (χ3n) is 4.40. The van der Waals surface area contributed by atoms with Gasteiger partial charge in [0.2, 0.25) is 17.6 Å². The van der Waals surface area contributed by atoms with Crippen molar-refractivity contribution in [3.8, 4) is 22.8 Å². The highest BCUT2D eigenvalue weighted by Gasteiger charge is 2.15. The van der Waals surface area contributed by atoms with Gasteiger partial charge in [0.15, 0.2) is 0 Å². The molecule has 0 atom stereocenters. The maximum atomic E-state index is 13.0. The second kappa shape index (κ2) is 8.69. The van der Waals surface area contributed by atoms with Gasteiger partial charge in [0.1, 0.15) is 23.9 Å².